The lowest BCUT2D eigenvalue weighted by Gasteiger charge is -2.13. The molecule has 2 rings (SSSR count). The van der Waals surface area contributed by atoms with E-state index in [9.17, 15) is 4.79 Å². The molecule has 1 atom stereocenters. The Morgan fingerprint density at radius 3 is 2.87 bits per heavy atom. The van der Waals surface area contributed by atoms with E-state index in [4.69, 9.17) is 5.11 Å². The summed E-state index contributed by atoms with van der Waals surface area (Å²) in [4.78, 5) is 13.1. The average Bonchev–Trinajstić information content (AvgIpc) is 2.61. The Morgan fingerprint density at radius 1 is 1.53 bits per heavy atom. The van der Waals surface area contributed by atoms with Gasteiger partial charge in [0, 0.05) is 25.5 Å². The van der Waals surface area contributed by atoms with Crippen molar-refractivity contribution in [2.75, 3.05) is 18.1 Å². The maximum Gasteiger partial charge on any atom is 0.228 e. The molecule has 0 spiro atoms. The molecule has 0 bridgehead atoms. The Balaban J connectivity index is 2.18. The van der Waals surface area contributed by atoms with Crippen LogP contribution in [0.4, 0.5) is 5.82 Å². The van der Waals surface area contributed by atoms with E-state index in [1.807, 2.05) is 0 Å². The largest absolute Gasteiger partial charge is 0.396 e. The van der Waals surface area contributed by atoms with E-state index in [1.165, 1.54) is 0 Å². The number of anilines is 1. The van der Waals surface area contributed by atoms with Crippen molar-refractivity contribution < 1.29 is 9.90 Å². The normalized spacial score (nSPS) is 21.1. The van der Waals surface area contributed by atoms with Gasteiger partial charge in [0.25, 0.3) is 0 Å². The van der Waals surface area contributed by atoms with Crippen molar-refractivity contribution in [3.05, 3.63) is 16.7 Å². The van der Waals surface area contributed by atoms with Crippen molar-refractivity contribution in [2.24, 2.45) is 5.92 Å². The van der Waals surface area contributed by atoms with Gasteiger partial charge in [0.15, 0.2) is 5.82 Å². The lowest BCUT2D eigenvalue weighted by molar-refractivity contribution is -0.117. The SMILES string of the molecule is O=C1CC(CO)CN1c1ccc(Br)nn1. The van der Waals surface area contributed by atoms with Crippen LogP contribution in [-0.4, -0.2) is 34.4 Å². The number of carbonyl (C=O) groups is 1. The molecule has 6 heteroatoms. The lowest BCUT2D eigenvalue weighted by atomic mass is 10.1. The Bertz CT molecular complexity index is 368. The van der Waals surface area contributed by atoms with E-state index in [0.29, 0.717) is 23.4 Å². The molecule has 1 aliphatic heterocycles. The Labute approximate surface area is 95.2 Å². The fourth-order valence-corrected chi connectivity index (χ4v) is 1.79. The zero-order chi connectivity index (χ0) is 10.8. The number of halogens is 1. The van der Waals surface area contributed by atoms with Crippen molar-refractivity contribution >= 4 is 27.7 Å². The molecule has 1 N–H and O–H groups in total. The minimum atomic E-state index is -0.00864. The van der Waals surface area contributed by atoms with Gasteiger partial charge in [-0.3, -0.25) is 9.69 Å². The molecule has 80 valence electrons. The fourth-order valence-electron chi connectivity index (χ4n) is 1.58. The average molecular weight is 272 g/mol. The van der Waals surface area contributed by atoms with Crippen LogP contribution in [0.1, 0.15) is 6.42 Å². The summed E-state index contributed by atoms with van der Waals surface area (Å²) in [6.07, 6.45) is 0.383. The summed E-state index contributed by atoms with van der Waals surface area (Å²) < 4.78 is 0.636. The molecule has 15 heavy (non-hydrogen) atoms. The van der Waals surface area contributed by atoms with Gasteiger partial charge in [0.1, 0.15) is 4.60 Å². The predicted molar refractivity (Wildman–Crippen MR) is 57.3 cm³/mol. The van der Waals surface area contributed by atoms with Gasteiger partial charge in [-0.05, 0) is 28.1 Å². The first-order valence-corrected chi connectivity index (χ1v) is 5.40. The molecular weight excluding hydrogens is 262 g/mol. The molecule has 0 radical (unpaired) electrons. The van der Waals surface area contributed by atoms with Crippen molar-refractivity contribution in [2.45, 2.75) is 6.42 Å². The highest BCUT2D eigenvalue weighted by Crippen LogP contribution is 2.22. The van der Waals surface area contributed by atoms with Crippen LogP contribution in [0.25, 0.3) is 0 Å². The van der Waals surface area contributed by atoms with Crippen LogP contribution in [0.2, 0.25) is 0 Å². The number of rotatable bonds is 2. The second kappa shape index (κ2) is 4.24. The third kappa shape index (κ3) is 2.15. The topological polar surface area (TPSA) is 66.3 Å². The zero-order valence-corrected chi connectivity index (χ0v) is 9.51. The molecule has 1 aliphatic rings. The first-order chi connectivity index (χ1) is 7.20. The van der Waals surface area contributed by atoms with Crippen molar-refractivity contribution in [1.29, 1.82) is 0 Å². The molecule has 2 heterocycles. The monoisotopic (exact) mass is 271 g/mol. The Hall–Kier alpha value is -1.01. The molecular formula is C9H10BrN3O2. The fraction of sp³-hybridized carbons (Fsp3) is 0.444. The van der Waals surface area contributed by atoms with E-state index in [2.05, 4.69) is 26.1 Å². The van der Waals surface area contributed by atoms with Gasteiger partial charge in [-0.1, -0.05) is 0 Å². The van der Waals surface area contributed by atoms with Gasteiger partial charge in [-0.25, -0.2) is 0 Å². The van der Waals surface area contributed by atoms with E-state index in [-0.39, 0.29) is 18.4 Å². The van der Waals surface area contributed by atoms with Crippen molar-refractivity contribution in [1.82, 2.24) is 10.2 Å². The van der Waals surface area contributed by atoms with Crippen molar-refractivity contribution in [3.8, 4) is 0 Å². The summed E-state index contributed by atoms with van der Waals surface area (Å²) in [5, 5.41) is 16.7. The molecule has 1 unspecified atom stereocenters. The zero-order valence-electron chi connectivity index (χ0n) is 7.93. The maximum absolute atomic E-state index is 11.6. The highest BCUT2D eigenvalue weighted by molar-refractivity contribution is 9.10. The summed E-state index contributed by atoms with van der Waals surface area (Å²) in [5.74, 6) is 0.549. The van der Waals surface area contributed by atoms with Gasteiger partial charge in [-0.15, -0.1) is 10.2 Å². The van der Waals surface area contributed by atoms with Crippen LogP contribution in [0.15, 0.2) is 16.7 Å². The third-order valence-electron chi connectivity index (χ3n) is 2.36. The number of hydrogen-bond donors (Lipinski definition) is 1. The van der Waals surface area contributed by atoms with E-state index in [0.717, 1.165) is 0 Å². The molecule has 0 aliphatic carbocycles. The van der Waals surface area contributed by atoms with Gasteiger partial charge in [-0.2, -0.15) is 0 Å². The van der Waals surface area contributed by atoms with E-state index in [1.54, 1.807) is 17.0 Å². The number of amides is 1. The van der Waals surface area contributed by atoms with Crippen LogP contribution in [-0.2, 0) is 4.79 Å². The van der Waals surface area contributed by atoms with Crippen molar-refractivity contribution in [3.63, 3.8) is 0 Å². The van der Waals surface area contributed by atoms with Gasteiger partial charge < -0.3 is 5.11 Å². The van der Waals surface area contributed by atoms with Gasteiger partial charge in [0.2, 0.25) is 5.91 Å². The number of hydrogen-bond acceptors (Lipinski definition) is 4. The third-order valence-corrected chi connectivity index (χ3v) is 2.78. The number of aliphatic hydroxyl groups excluding tert-OH is 1. The molecule has 1 saturated heterocycles. The standard InChI is InChI=1S/C9H10BrN3O2/c10-7-1-2-8(12-11-7)13-4-6(5-14)3-9(13)15/h1-2,6,14H,3-5H2. The first-order valence-electron chi connectivity index (χ1n) is 4.61. The molecule has 0 saturated carbocycles. The van der Waals surface area contributed by atoms with Gasteiger partial charge in [0.05, 0.1) is 0 Å². The summed E-state index contributed by atoms with van der Waals surface area (Å²) in [7, 11) is 0. The molecule has 1 aromatic rings. The Kier molecular flexibility index (Phi) is 2.97. The summed E-state index contributed by atoms with van der Waals surface area (Å²) in [6.45, 7) is 0.553. The highest BCUT2D eigenvalue weighted by atomic mass is 79.9. The molecule has 1 fully saturated rings. The number of carbonyl (C=O) groups excluding carboxylic acids is 1. The molecule has 0 aromatic carbocycles. The second-order valence-corrected chi connectivity index (χ2v) is 4.28. The first kappa shape index (κ1) is 10.5. The summed E-state index contributed by atoms with van der Waals surface area (Å²) in [6, 6.07) is 3.47. The summed E-state index contributed by atoms with van der Waals surface area (Å²) >= 11 is 3.18. The number of aliphatic hydroxyl groups is 1. The highest BCUT2D eigenvalue weighted by Gasteiger charge is 2.30. The quantitative estimate of drug-likeness (QED) is 0.855. The molecule has 1 aromatic heterocycles. The number of nitrogens with zero attached hydrogens (tertiary/aromatic N) is 3. The Morgan fingerprint density at radius 2 is 2.33 bits per heavy atom. The van der Waals surface area contributed by atoms with Crippen LogP contribution < -0.4 is 4.90 Å². The van der Waals surface area contributed by atoms with Crippen LogP contribution >= 0.6 is 15.9 Å². The smallest absolute Gasteiger partial charge is 0.228 e. The van der Waals surface area contributed by atoms with Crippen LogP contribution in [0.5, 0.6) is 0 Å². The van der Waals surface area contributed by atoms with Crippen LogP contribution in [0, 0.1) is 5.92 Å². The molecule has 1 amide bonds. The summed E-state index contributed by atoms with van der Waals surface area (Å²) in [5.41, 5.74) is 0. The minimum Gasteiger partial charge on any atom is -0.396 e. The maximum atomic E-state index is 11.6. The van der Waals surface area contributed by atoms with E-state index >= 15 is 0 Å². The lowest BCUT2D eigenvalue weighted by Crippen LogP contribution is -2.26. The predicted octanol–water partition coefficient (Wildman–Crippen LogP) is 0.584. The minimum absolute atomic E-state index is 0.00864. The second-order valence-electron chi connectivity index (χ2n) is 3.47. The van der Waals surface area contributed by atoms with E-state index < -0.39 is 0 Å². The van der Waals surface area contributed by atoms with Crippen LogP contribution in [0.3, 0.4) is 0 Å². The van der Waals surface area contributed by atoms with Gasteiger partial charge >= 0.3 is 0 Å². The number of aromatic nitrogens is 2. The molecule has 5 nitrogen and oxygen atoms in total.